The molecule has 2 aromatic carbocycles. The Morgan fingerprint density at radius 1 is 1.03 bits per heavy atom. The van der Waals surface area contributed by atoms with E-state index in [1.807, 2.05) is 60.7 Å². The number of hydrogen-bond acceptors (Lipinski definition) is 5. The number of nitrogens with one attached hydrogen (secondary N) is 2. The minimum absolute atomic E-state index is 0.0510. The van der Waals surface area contributed by atoms with E-state index in [2.05, 4.69) is 10.6 Å². The van der Waals surface area contributed by atoms with Crippen LogP contribution in [-0.4, -0.2) is 49.0 Å². The van der Waals surface area contributed by atoms with E-state index in [4.69, 9.17) is 4.55 Å². The molecule has 174 valence electrons. The van der Waals surface area contributed by atoms with Crippen LogP contribution in [0.2, 0.25) is 0 Å². The zero-order chi connectivity index (χ0) is 24.0. The molecule has 1 atom stereocenters. The lowest BCUT2D eigenvalue weighted by Crippen LogP contribution is -2.50. The summed E-state index contributed by atoms with van der Waals surface area (Å²) in [6.45, 7) is 1.40. The molecule has 10 heteroatoms. The van der Waals surface area contributed by atoms with E-state index < -0.39 is 33.7 Å². The van der Waals surface area contributed by atoms with Crippen LogP contribution in [0.1, 0.15) is 30.0 Å². The van der Waals surface area contributed by atoms with Gasteiger partial charge >= 0.3 is 0 Å². The van der Waals surface area contributed by atoms with Crippen LogP contribution in [0.15, 0.2) is 48.5 Å². The normalized spacial score (nSPS) is 14.7. The van der Waals surface area contributed by atoms with E-state index in [9.17, 15) is 22.8 Å². The van der Waals surface area contributed by atoms with Crippen LogP contribution in [0.4, 0.5) is 5.69 Å². The van der Waals surface area contributed by atoms with Crippen molar-refractivity contribution >= 4 is 45.7 Å². The van der Waals surface area contributed by atoms with Crippen LogP contribution in [0.25, 0.3) is 12.2 Å². The predicted octanol–water partition coefficient (Wildman–Crippen LogP) is 1.60. The van der Waals surface area contributed by atoms with Crippen molar-refractivity contribution in [2.45, 2.75) is 25.9 Å². The minimum atomic E-state index is -4.50. The fourth-order valence-corrected chi connectivity index (χ4v) is 4.22. The zero-order valence-corrected chi connectivity index (χ0v) is 18.8. The van der Waals surface area contributed by atoms with Gasteiger partial charge in [0, 0.05) is 19.9 Å². The van der Waals surface area contributed by atoms with Crippen molar-refractivity contribution in [3.8, 4) is 0 Å². The molecule has 0 aliphatic carbocycles. The monoisotopic (exact) mass is 471 g/mol. The molecule has 0 saturated carbocycles. The van der Waals surface area contributed by atoms with E-state index in [0.29, 0.717) is 6.54 Å². The van der Waals surface area contributed by atoms with E-state index in [0.717, 1.165) is 29.3 Å². The summed E-state index contributed by atoms with van der Waals surface area (Å²) in [7, 11) is -4.50. The van der Waals surface area contributed by atoms with Gasteiger partial charge in [-0.3, -0.25) is 18.9 Å². The smallest absolute Gasteiger partial charge is 0.267 e. The number of anilines is 1. The van der Waals surface area contributed by atoms with Crippen LogP contribution in [0.5, 0.6) is 0 Å². The third-order valence-electron chi connectivity index (χ3n) is 5.06. The highest BCUT2D eigenvalue weighted by Crippen LogP contribution is 2.29. The van der Waals surface area contributed by atoms with Gasteiger partial charge in [-0.2, -0.15) is 8.42 Å². The molecule has 0 radical (unpaired) electrons. The topological polar surface area (TPSA) is 133 Å². The van der Waals surface area contributed by atoms with Gasteiger partial charge in [-0.15, -0.1) is 0 Å². The summed E-state index contributed by atoms with van der Waals surface area (Å²) < 4.78 is 31.3. The molecule has 33 heavy (non-hydrogen) atoms. The zero-order valence-electron chi connectivity index (χ0n) is 18.0. The number of para-hydroxylation sites is 1. The van der Waals surface area contributed by atoms with Gasteiger partial charge in [0.2, 0.25) is 17.7 Å². The molecular formula is C23H25N3O6S. The van der Waals surface area contributed by atoms with Crippen molar-refractivity contribution in [3.05, 3.63) is 65.2 Å². The molecule has 0 bridgehead atoms. The predicted molar refractivity (Wildman–Crippen MR) is 125 cm³/mol. The summed E-state index contributed by atoms with van der Waals surface area (Å²) in [4.78, 5) is 38.4. The Kier molecular flexibility index (Phi) is 7.62. The number of amides is 3. The van der Waals surface area contributed by atoms with Gasteiger partial charge in [0.15, 0.2) is 0 Å². The number of nitrogens with zero attached hydrogens (tertiary/aromatic N) is 1. The largest absolute Gasteiger partial charge is 0.354 e. The lowest BCUT2D eigenvalue weighted by molar-refractivity contribution is -0.127. The molecule has 3 amide bonds. The SMILES string of the molecule is CC(=O)NC(CS(=O)(=O)O)C(=O)NCCC(=O)N1Cc2ccccc2/C=C\c2ccccc21. The number of carbonyl (C=O) groups excluding carboxylic acids is 3. The highest BCUT2D eigenvalue weighted by molar-refractivity contribution is 7.85. The Labute approximate surface area is 192 Å². The minimum Gasteiger partial charge on any atom is -0.354 e. The molecule has 2 aromatic rings. The number of hydrogen-bond donors (Lipinski definition) is 3. The fraction of sp³-hybridized carbons (Fsp3) is 0.261. The Morgan fingerprint density at radius 3 is 2.36 bits per heavy atom. The van der Waals surface area contributed by atoms with E-state index in [-0.39, 0.29) is 18.9 Å². The highest BCUT2D eigenvalue weighted by atomic mass is 32.2. The van der Waals surface area contributed by atoms with Crippen LogP contribution >= 0.6 is 0 Å². The van der Waals surface area contributed by atoms with Crippen molar-refractivity contribution < 1.29 is 27.4 Å². The second-order valence-corrected chi connectivity index (χ2v) is 9.11. The van der Waals surface area contributed by atoms with Gasteiger partial charge < -0.3 is 15.5 Å². The Hall–Kier alpha value is -3.50. The molecule has 0 aromatic heterocycles. The number of carbonyl (C=O) groups is 3. The van der Waals surface area contributed by atoms with Gasteiger partial charge in [0.1, 0.15) is 11.8 Å². The third kappa shape index (κ3) is 6.74. The first-order chi connectivity index (χ1) is 15.6. The second-order valence-electron chi connectivity index (χ2n) is 7.61. The van der Waals surface area contributed by atoms with Crippen molar-refractivity contribution in [1.29, 1.82) is 0 Å². The quantitative estimate of drug-likeness (QED) is 0.526. The molecule has 3 rings (SSSR count). The van der Waals surface area contributed by atoms with Gasteiger partial charge in [-0.25, -0.2) is 0 Å². The molecule has 1 heterocycles. The molecule has 0 fully saturated rings. The fourth-order valence-electron chi connectivity index (χ4n) is 3.56. The highest BCUT2D eigenvalue weighted by Gasteiger charge is 2.26. The number of benzene rings is 2. The van der Waals surface area contributed by atoms with Gasteiger partial charge in [-0.1, -0.05) is 54.6 Å². The first-order valence-electron chi connectivity index (χ1n) is 10.3. The molecule has 0 saturated heterocycles. The van der Waals surface area contributed by atoms with Crippen molar-refractivity contribution in [2.24, 2.45) is 0 Å². The van der Waals surface area contributed by atoms with Crippen LogP contribution in [0, 0.1) is 0 Å². The molecule has 3 N–H and O–H groups in total. The maximum atomic E-state index is 13.1. The summed E-state index contributed by atoms with van der Waals surface area (Å²) in [6, 6.07) is 13.8. The average molecular weight is 472 g/mol. The van der Waals surface area contributed by atoms with Crippen LogP contribution in [0.3, 0.4) is 0 Å². The third-order valence-corrected chi connectivity index (χ3v) is 5.82. The Balaban J connectivity index is 1.72. The van der Waals surface area contributed by atoms with Gasteiger partial charge in [0.25, 0.3) is 10.1 Å². The van der Waals surface area contributed by atoms with Crippen molar-refractivity contribution in [2.75, 3.05) is 17.2 Å². The van der Waals surface area contributed by atoms with E-state index >= 15 is 0 Å². The van der Waals surface area contributed by atoms with Crippen molar-refractivity contribution in [3.63, 3.8) is 0 Å². The Bertz CT molecular complexity index is 1190. The Morgan fingerprint density at radius 2 is 1.67 bits per heavy atom. The first kappa shape index (κ1) is 24.1. The van der Waals surface area contributed by atoms with E-state index in [1.165, 1.54) is 0 Å². The number of fused-ring (bicyclic) bond motifs is 2. The van der Waals surface area contributed by atoms with Crippen LogP contribution in [-0.2, 0) is 31.0 Å². The summed E-state index contributed by atoms with van der Waals surface area (Å²) in [6.07, 6.45) is 3.90. The van der Waals surface area contributed by atoms with Gasteiger partial charge in [0.05, 0.1) is 12.2 Å². The standard InChI is InChI=1S/C23H25N3O6S/c1-16(27)25-20(15-33(30,31)32)23(29)24-13-12-22(28)26-14-19-8-3-2-6-17(19)10-11-18-7-4-5-9-21(18)26/h2-11,20H,12-15H2,1H3,(H,24,29)(H,25,27)(H,30,31,32)/b11-10-. The van der Waals surface area contributed by atoms with Gasteiger partial charge in [-0.05, 0) is 22.8 Å². The summed E-state index contributed by atoms with van der Waals surface area (Å²) in [5.74, 6) is -2.64. The number of rotatable bonds is 7. The lowest BCUT2D eigenvalue weighted by Gasteiger charge is -2.27. The summed E-state index contributed by atoms with van der Waals surface area (Å²) in [5, 5.41) is 4.64. The lowest BCUT2D eigenvalue weighted by atomic mass is 10.0. The first-order valence-corrected chi connectivity index (χ1v) is 11.9. The van der Waals surface area contributed by atoms with Crippen LogP contribution < -0.4 is 15.5 Å². The van der Waals surface area contributed by atoms with E-state index in [1.54, 1.807) is 4.90 Å². The maximum absolute atomic E-state index is 13.1. The summed E-state index contributed by atoms with van der Waals surface area (Å²) >= 11 is 0. The molecule has 1 aliphatic heterocycles. The average Bonchev–Trinajstić information content (AvgIpc) is 2.73. The summed E-state index contributed by atoms with van der Waals surface area (Å²) in [5.41, 5.74) is 3.59. The maximum Gasteiger partial charge on any atom is 0.267 e. The van der Waals surface area contributed by atoms with Crippen molar-refractivity contribution in [1.82, 2.24) is 10.6 Å². The molecule has 9 nitrogen and oxygen atoms in total. The second kappa shape index (κ2) is 10.4. The molecule has 1 unspecified atom stereocenters. The molecule has 0 spiro atoms. The molecule has 1 aliphatic rings. The molecular weight excluding hydrogens is 446 g/mol.